The summed E-state index contributed by atoms with van der Waals surface area (Å²) in [6.07, 6.45) is -5.53. The third-order valence-corrected chi connectivity index (χ3v) is 7.75. The molecule has 0 unspecified atom stereocenters. The molecule has 32 heavy (non-hydrogen) atoms. The number of nitrogens with one attached hydrogen (secondary N) is 1. The van der Waals surface area contributed by atoms with Crippen molar-refractivity contribution >= 4 is 44.5 Å². The van der Waals surface area contributed by atoms with Crippen molar-refractivity contribution in [1.29, 1.82) is 0 Å². The molecule has 2 aliphatic heterocycles. The van der Waals surface area contributed by atoms with Gasteiger partial charge in [0.05, 0.1) is 28.8 Å². The number of anilines is 1. The largest absolute Gasteiger partial charge is 0.444 e. The van der Waals surface area contributed by atoms with Crippen LogP contribution in [0, 0.1) is 0 Å². The summed E-state index contributed by atoms with van der Waals surface area (Å²) in [6.45, 7) is 4.41. The number of amides is 2. The van der Waals surface area contributed by atoms with E-state index in [2.05, 4.69) is 10.3 Å². The summed E-state index contributed by atoms with van der Waals surface area (Å²) >= 11 is 0.943. The Hall–Kier alpha value is -2.28. The average molecular weight is 494 g/mol. The van der Waals surface area contributed by atoms with Gasteiger partial charge in [0.2, 0.25) is 0 Å². The number of hydrogen-bond donors (Lipinski definition) is 1. The number of ether oxygens (including phenoxy) is 1. The number of alkyl halides is 3. The van der Waals surface area contributed by atoms with Crippen molar-refractivity contribution in [2.45, 2.75) is 43.8 Å². The molecule has 176 valence electrons. The van der Waals surface area contributed by atoms with Gasteiger partial charge in [0.1, 0.15) is 12.1 Å². The molecule has 0 spiro atoms. The number of carbonyl (C=O) groups excluding carboxylic acids is 2. The second-order valence-corrected chi connectivity index (χ2v) is 11.7. The number of hydrogen-bond acceptors (Lipinski definition) is 6. The molecule has 0 saturated carbocycles. The minimum absolute atomic E-state index is 0.0393. The molecule has 1 aromatic rings. The van der Waals surface area contributed by atoms with Crippen molar-refractivity contribution in [3.63, 3.8) is 0 Å². The quantitative estimate of drug-likeness (QED) is 0.690. The fourth-order valence-electron chi connectivity index (χ4n) is 3.38. The number of para-hydroxylation sites is 1. The zero-order valence-electron chi connectivity index (χ0n) is 17.5. The lowest BCUT2D eigenvalue weighted by Gasteiger charge is -2.27. The Bertz CT molecular complexity index is 1050. The van der Waals surface area contributed by atoms with Gasteiger partial charge in [-0.05, 0) is 32.9 Å². The van der Waals surface area contributed by atoms with Crippen LogP contribution in [0.25, 0.3) is 0 Å². The molecule has 0 aromatic heterocycles. The maximum atomic E-state index is 13.6. The minimum atomic E-state index is -4.69. The summed E-state index contributed by atoms with van der Waals surface area (Å²) in [5, 5.41) is 1.64. The van der Waals surface area contributed by atoms with E-state index in [1.54, 1.807) is 20.8 Å². The SMILES string of the molecule is CC(C)(C)OC(=O)NCC(=O)N=C1S[C@H]2CS(=O)(=O)C[C@H]2N1c1ccccc1C(F)(F)F. The summed E-state index contributed by atoms with van der Waals surface area (Å²) in [5.41, 5.74) is -2.01. The Kier molecular flexibility index (Phi) is 6.53. The zero-order chi connectivity index (χ0) is 23.9. The number of thioether (sulfide) groups is 1. The van der Waals surface area contributed by atoms with Gasteiger partial charge in [0.15, 0.2) is 15.0 Å². The summed E-state index contributed by atoms with van der Waals surface area (Å²) < 4.78 is 70.0. The molecule has 2 fully saturated rings. The first-order chi connectivity index (χ1) is 14.7. The van der Waals surface area contributed by atoms with Crippen LogP contribution in [0.15, 0.2) is 29.3 Å². The number of aliphatic imine (C=N–C) groups is 1. The van der Waals surface area contributed by atoms with Crippen molar-refractivity contribution in [2.75, 3.05) is 23.0 Å². The van der Waals surface area contributed by atoms with E-state index in [4.69, 9.17) is 4.74 Å². The molecule has 1 aromatic carbocycles. The maximum Gasteiger partial charge on any atom is 0.418 e. The van der Waals surface area contributed by atoms with Crippen LogP contribution in [-0.4, -0.2) is 60.5 Å². The van der Waals surface area contributed by atoms with E-state index in [1.165, 1.54) is 23.1 Å². The lowest BCUT2D eigenvalue weighted by atomic mass is 10.1. The molecule has 1 N–H and O–H groups in total. The molecule has 2 aliphatic rings. The van der Waals surface area contributed by atoms with E-state index in [0.29, 0.717) is 0 Å². The monoisotopic (exact) mass is 493 g/mol. The van der Waals surface area contributed by atoms with Crippen LogP contribution < -0.4 is 10.2 Å². The van der Waals surface area contributed by atoms with Gasteiger partial charge in [-0.15, -0.1) is 0 Å². The van der Waals surface area contributed by atoms with E-state index < -0.39 is 57.0 Å². The van der Waals surface area contributed by atoms with Crippen LogP contribution in [0.4, 0.5) is 23.7 Å². The van der Waals surface area contributed by atoms with E-state index in [1.807, 2.05) is 0 Å². The van der Waals surface area contributed by atoms with Gasteiger partial charge in [-0.25, -0.2) is 13.2 Å². The highest BCUT2D eigenvalue weighted by atomic mass is 32.2. The topological polar surface area (TPSA) is 105 Å². The smallest absolute Gasteiger partial charge is 0.418 e. The van der Waals surface area contributed by atoms with E-state index in [9.17, 15) is 31.2 Å². The van der Waals surface area contributed by atoms with Gasteiger partial charge in [0.25, 0.3) is 5.91 Å². The van der Waals surface area contributed by atoms with Crippen molar-refractivity contribution in [2.24, 2.45) is 4.99 Å². The molecule has 2 atom stereocenters. The van der Waals surface area contributed by atoms with Gasteiger partial charge >= 0.3 is 12.3 Å². The molecule has 3 rings (SSSR count). The minimum Gasteiger partial charge on any atom is -0.444 e. The molecular weight excluding hydrogens is 471 g/mol. The lowest BCUT2D eigenvalue weighted by molar-refractivity contribution is -0.137. The van der Waals surface area contributed by atoms with E-state index in [0.717, 1.165) is 17.8 Å². The average Bonchev–Trinajstić information content (AvgIpc) is 3.08. The second-order valence-electron chi connectivity index (χ2n) is 8.33. The van der Waals surface area contributed by atoms with E-state index >= 15 is 0 Å². The standard InChI is InChI=1S/C19H22F3N3O5S2/c1-18(2,3)30-17(27)23-8-15(26)24-16-25(13-9-32(28,29)10-14(13)31-16)12-7-5-4-6-11(12)19(20,21)22/h4-7,13-14H,8-10H2,1-3H3,(H,23,27)/t13-,14+/m1/s1. The Balaban J connectivity index is 1.89. The van der Waals surface area contributed by atoms with Gasteiger partial charge in [0, 0.05) is 5.25 Å². The first-order valence-corrected chi connectivity index (χ1v) is 12.3. The van der Waals surface area contributed by atoms with Crippen LogP contribution in [0.5, 0.6) is 0 Å². The van der Waals surface area contributed by atoms with E-state index in [-0.39, 0.29) is 22.4 Å². The van der Waals surface area contributed by atoms with Crippen molar-refractivity contribution in [1.82, 2.24) is 5.32 Å². The van der Waals surface area contributed by atoms with Crippen molar-refractivity contribution in [3.8, 4) is 0 Å². The van der Waals surface area contributed by atoms with Gasteiger partial charge < -0.3 is 15.0 Å². The summed E-state index contributed by atoms with van der Waals surface area (Å²) in [5.74, 6) is -1.38. The number of benzene rings is 1. The molecule has 0 bridgehead atoms. The number of carbonyl (C=O) groups is 2. The number of sulfone groups is 1. The predicted molar refractivity (Wildman–Crippen MR) is 114 cm³/mol. The zero-order valence-corrected chi connectivity index (χ0v) is 19.1. The number of nitrogens with zero attached hydrogens (tertiary/aromatic N) is 2. The molecule has 0 aliphatic carbocycles. The molecule has 0 radical (unpaired) electrons. The number of fused-ring (bicyclic) bond motifs is 1. The Morgan fingerprint density at radius 1 is 1.22 bits per heavy atom. The second kappa shape index (κ2) is 8.58. The third kappa shape index (κ3) is 5.74. The van der Waals surface area contributed by atoms with Crippen molar-refractivity contribution < 1.29 is 35.9 Å². The first-order valence-electron chi connectivity index (χ1n) is 9.57. The number of halogens is 3. The Morgan fingerprint density at radius 2 is 1.88 bits per heavy atom. The molecule has 2 heterocycles. The van der Waals surface area contributed by atoms with Crippen LogP contribution in [0.3, 0.4) is 0 Å². The predicted octanol–water partition coefficient (Wildman–Crippen LogP) is 2.83. The van der Waals surface area contributed by atoms with Crippen LogP contribution >= 0.6 is 11.8 Å². The summed E-state index contributed by atoms with van der Waals surface area (Å²) in [4.78, 5) is 29.1. The van der Waals surface area contributed by atoms with Crippen LogP contribution in [0.1, 0.15) is 26.3 Å². The summed E-state index contributed by atoms with van der Waals surface area (Å²) in [6, 6.07) is 3.94. The lowest BCUT2D eigenvalue weighted by Crippen LogP contribution is -2.39. The molecule has 13 heteroatoms. The highest BCUT2D eigenvalue weighted by Crippen LogP contribution is 2.45. The first kappa shape index (κ1) is 24.4. The Morgan fingerprint density at radius 3 is 2.50 bits per heavy atom. The maximum absolute atomic E-state index is 13.6. The number of amidine groups is 1. The Labute approximate surface area is 187 Å². The van der Waals surface area contributed by atoms with Crippen molar-refractivity contribution in [3.05, 3.63) is 29.8 Å². The highest BCUT2D eigenvalue weighted by Gasteiger charge is 2.51. The van der Waals surface area contributed by atoms with Crippen LogP contribution in [0.2, 0.25) is 0 Å². The molecule has 8 nitrogen and oxygen atoms in total. The summed E-state index contributed by atoms with van der Waals surface area (Å²) in [7, 11) is -3.44. The molecule has 2 saturated heterocycles. The normalized spacial score (nSPS) is 23.8. The third-order valence-electron chi connectivity index (χ3n) is 4.54. The van der Waals surface area contributed by atoms with Gasteiger partial charge in [-0.2, -0.15) is 18.2 Å². The number of alkyl carbamates (subject to hydrolysis) is 1. The van der Waals surface area contributed by atoms with Gasteiger partial charge in [-0.1, -0.05) is 23.9 Å². The van der Waals surface area contributed by atoms with Gasteiger partial charge in [-0.3, -0.25) is 4.79 Å². The fraction of sp³-hybridized carbons (Fsp3) is 0.526. The highest BCUT2D eigenvalue weighted by molar-refractivity contribution is 8.16. The number of rotatable bonds is 3. The van der Waals surface area contributed by atoms with Crippen LogP contribution in [-0.2, 0) is 25.5 Å². The fourth-order valence-corrected chi connectivity index (χ4v) is 7.30. The molecule has 2 amide bonds. The molecular formula is C19H22F3N3O5S2.